The first-order valence-corrected chi connectivity index (χ1v) is 10.2. The van der Waals surface area contributed by atoms with Gasteiger partial charge in [0, 0.05) is 44.5 Å². The van der Waals surface area contributed by atoms with Gasteiger partial charge >= 0.3 is 0 Å². The van der Waals surface area contributed by atoms with Crippen LogP contribution in [0.15, 0.2) is 53.2 Å². The molecule has 1 saturated heterocycles. The Balaban J connectivity index is 1.20. The van der Waals surface area contributed by atoms with Crippen molar-refractivity contribution in [3.63, 3.8) is 0 Å². The van der Waals surface area contributed by atoms with Gasteiger partial charge in [0.25, 0.3) is 0 Å². The second kappa shape index (κ2) is 6.74. The molecule has 2 aromatic carbocycles. The Kier molecular flexibility index (Phi) is 3.90. The predicted molar refractivity (Wildman–Crippen MR) is 112 cm³/mol. The van der Waals surface area contributed by atoms with Crippen LogP contribution in [-0.4, -0.2) is 47.7 Å². The van der Waals surface area contributed by atoms with Crippen LogP contribution >= 0.6 is 0 Å². The van der Waals surface area contributed by atoms with Gasteiger partial charge in [-0.15, -0.1) is 0 Å². The zero-order chi connectivity index (χ0) is 19.2. The Labute approximate surface area is 168 Å². The van der Waals surface area contributed by atoms with Crippen molar-refractivity contribution in [2.45, 2.75) is 13.0 Å². The highest BCUT2D eigenvalue weighted by atomic mass is 16.5. The highest BCUT2D eigenvalue weighted by molar-refractivity contribution is 6.05. The van der Waals surface area contributed by atoms with Crippen LogP contribution in [0.2, 0.25) is 0 Å². The zero-order valence-corrected chi connectivity index (χ0v) is 16.2. The number of benzene rings is 2. The summed E-state index contributed by atoms with van der Waals surface area (Å²) in [6, 6.07) is 14.7. The number of hydrogen-bond donors (Lipinski definition) is 0. The fourth-order valence-corrected chi connectivity index (χ4v) is 4.45. The van der Waals surface area contributed by atoms with E-state index in [9.17, 15) is 0 Å². The molecule has 0 saturated carbocycles. The maximum Gasteiger partial charge on any atom is 0.196 e. The standard InChI is InChI=1S/C23H22N4O2/c1-2-4-20-18(3-1)21-22(29-20)23(25-15-24-21)27-10-8-26(9-11-27)14-16-5-6-19-17(13-16)7-12-28-19/h1-6,13,15H,7-12,14H2. The van der Waals surface area contributed by atoms with Crippen molar-refractivity contribution >= 4 is 27.9 Å². The minimum atomic E-state index is 0.792. The van der Waals surface area contributed by atoms with Gasteiger partial charge in [-0.3, -0.25) is 4.90 Å². The number of para-hydroxylation sites is 1. The molecule has 0 atom stereocenters. The molecule has 6 heteroatoms. The lowest BCUT2D eigenvalue weighted by Crippen LogP contribution is -2.46. The van der Waals surface area contributed by atoms with Crippen molar-refractivity contribution in [3.05, 3.63) is 59.9 Å². The van der Waals surface area contributed by atoms with Crippen LogP contribution in [0.1, 0.15) is 11.1 Å². The quantitative estimate of drug-likeness (QED) is 0.536. The molecule has 4 aromatic rings. The first-order chi connectivity index (χ1) is 14.3. The maximum absolute atomic E-state index is 6.11. The highest BCUT2D eigenvalue weighted by Crippen LogP contribution is 2.32. The van der Waals surface area contributed by atoms with Crippen LogP contribution < -0.4 is 9.64 Å². The van der Waals surface area contributed by atoms with Crippen molar-refractivity contribution in [3.8, 4) is 5.75 Å². The number of furan rings is 1. The van der Waals surface area contributed by atoms with Crippen molar-refractivity contribution in [2.75, 3.05) is 37.7 Å². The van der Waals surface area contributed by atoms with Gasteiger partial charge in [-0.1, -0.05) is 24.3 Å². The molecule has 146 valence electrons. The van der Waals surface area contributed by atoms with Crippen LogP contribution in [0, 0.1) is 0 Å². The minimum absolute atomic E-state index is 0.792. The van der Waals surface area contributed by atoms with Gasteiger partial charge in [0.1, 0.15) is 23.2 Å². The largest absolute Gasteiger partial charge is 0.493 e. The summed E-state index contributed by atoms with van der Waals surface area (Å²) >= 11 is 0. The van der Waals surface area contributed by atoms with Gasteiger partial charge < -0.3 is 14.1 Å². The first kappa shape index (κ1) is 16.8. The average molecular weight is 386 g/mol. The topological polar surface area (TPSA) is 54.6 Å². The third-order valence-electron chi connectivity index (χ3n) is 5.97. The summed E-state index contributed by atoms with van der Waals surface area (Å²) in [4.78, 5) is 13.9. The fourth-order valence-electron chi connectivity index (χ4n) is 4.45. The smallest absolute Gasteiger partial charge is 0.196 e. The van der Waals surface area contributed by atoms with Crippen LogP contribution in [0.5, 0.6) is 5.75 Å². The SMILES string of the molecule is c1ccc2c(c1)oc1c(N3CCN(Cc4ccc5c(c4)CCO5)CC3)ncnc12. The normalized spacial score (nSPS) is 17.0. The van der Waals surface area contributed by atoms with E-state index in [0.717, 1.165) is 79.4 Å². The molecular formula is C23H22N4O2. The fraction of sp³-hybridized carbons (Fsp3) is 0.304. The summed E-state index contributed by atoms with van der Waals surface area (Å²) in [6.07, 6.45) is 2.68. The number of hydrogen-bond acceptors (Lipinski definition) is 6. The lowest BCUT2D eigenvalue weighted by molar-refractivity contribution is 0.249. The highest BCUT2D eigenvalue weighted by Gasteiger charge is 2.23. The summed E-state index contributed by atoms with van der Waals surface area (Å²) in [5, 5.41) is 1.05. The van der Waals surface area contributed by atoms with Crippen LogP contribution in [0.4, 0.5) is 5.82 Å². The molecule has 2 aromatic heterocycles. The second-order valence-corrected chi connectivity index (χ2v) is 7.78. The Morgan fingerprint density at radius 2 is 1.86 bits per heavy atom. The summed E-state index contributed by atoms with van der Waals surface area (Å²) < 4.78 is 11.7. The lowest BCUT2D eigenvalue weighted by Gasteiger charge is -2.35. The Hall–Kier alpha value is -3.12. The number of rotatable bonds is 3. The number of piperazine rings is 1. The maximum atomic E-state index is 6.11. The average Bonchev–Trinajstić information content (AvgIpc) is 3.38. The van der Waals surface area contributed by atoms with Crippen molar-refractivity contribution in [1.29, 1.82) is 0 Å². The molecule has 4 heterocycles. The molecule has 6 rings (SSSR count). The molecule has 0 radical (unpaired) electrons. The Morgan fingerprint density at radius 3 is 2.79 bits per heavy atom. The van der Waals surface area contributed by atoms with Crippen molar-refractivity contribution in [2.24, 2.45) is 0 Å². The van der Waals surface area contributed by atoms with Crippen LogP contribution in [-0.2, 0) is 13.0 Å². The van der Waals surface area contributed by atoms with Crippen molar-refractivity contribution in [1.82, 2.24) is 14.9 Å². The summed E-state index contributed by atoms with van der Waals surface area (Å²) in [5.41, 5.74) is 5.26. The van der Waals surface area contributed by atoms with E-state index in [1.165, 1.54) is 11.1 Å². The molecule has 2 aliphatic rings. The molecule has 0 aliphatic carbocycles. The van der Waals surface area contributed by atoms with E-state index in [-0.39, 0.29) is 0 Å². The molecule has 29 heavy (non-hydrogen) atoms. The van der Waals surface area contributed by atoms with Gasteiger partial charge in [-0.05, 0) is 29.3 Å². The third-order valence-corrected chi connectivity index (χ3v) is 5.97. The van der Waals surface area contributed by atoms with Crippen LogP contribution in [0.3, 0.4) is 0 Å². The number of fused-ring (bicyclic) bond motifs is 4. The van der Waals surface area contributed by atoms with E-state index < -0.39 is 0 Å². The second-order valence-electron chi connectivity index (χ2n) is 7.78. The predicted octanol–water partition coefficient (Wildman–Crippen LogP) is 3.63. The summed E-state index contributed by atoms with van der Waals surface area (Å²) in [5.74, 6) is 1.96. The van der Waals surface area contributed by atoms with Crippen molar-refractivity contribution < 1.29 is 9.15 Å². The van der Waals surface area contributed by atoms with E-state index in [1.807, 2.05) is 18.2 Å². The van der Waals surface area contributed by atoms with Gasteiger partial charge in [-0.2, -0.15) is 0 Å². The van der Waals surface area contributed by atoms with E-state index in [1.54, 1.807) is 6.33 Å². The van der Waals surface area contributed by atoms with E-state index in [4.69, 9.17) is 9.15 Å². The molecular weight excluding hydrogens is 364 g/mol. The number of nitrogens with zero attached hydrogens (tertiary/aromatic N) is 4. The van der Waals surface area contributed by atoms with E-state index in [0.29, 0.717) is 0 Å². The van der Waals surface area contributed by atoms with Gasteiger partial charge in [-0.25, -0.2) is 9.97 Å². The molecule has 0 bridgehead atoms. The molecule has 0 spiro atoms. The number of ether oxygens (including phenoxy) is 1. The monoisotopic (exact) mass is 386 g/mol. The third kappa shape index (κ3) is 2.91. The summed E-state index contributed by atoms with van der Waals surface area (Å²) in [6.45, 7) is 5.64. The van der Waals surface area contributed by atoms with Gasteiger partial charge in [0.2, 0.25) is 0 Å². The summed E-state index contributed by atoms with van der Waals surface area (Å²) in [7, 11) is 0. The molecule has 2 aliphatic heterocycles. The molecule has 0 unspecified atom stereocenters. The van der Waals surface area contributed by atoms with Crippen LogP contribution in [0.25, 0.3) is 22.1 Å². The van der Waals surface area contributed by atoms with E-state index >= 15 is 0 Å². The first-order valence-electron chi connectivity index (χ1n) is 10.2. The van der Waals surface area contributed by atoms with E-state index in [2.05, 4.69) is 44.0 Å². The molecule has 1 fully saturated rings. The number of anilines is 1. The Bertz CT molecular complexity index is 1190. The molecule has 0 N–H and O–H groups in total. The molecule has 0 amide bonds. The van der Waals surface area contributed by atoms with Gasteiger partial charge in [0.15, 0.2) is 11.4 Å². The molecule has 6 nitrogen and oxygen atoms in total. The zero-order valence-electron chi connectivity index (χ0n) is 16.2. The van der Waals surface area contributed by atoms with Gasteiger partial charge in [0.05, 0.1) is 6.61 Å². The minimum Gasteiger partial charge on any atom is -0.493 e. The Morgan fingerprint density at radius 1 is 0.966 bits per heavy atom. The number of aromatic nitrogens is 2. The lowest BCUT2D eigenvalue weighted by atomic mass is 10.1.